The molecule has 5 heteroatoms. The van der Waals surface area contributed by atoms with Crippen molar-refractivity contribution in [2.24, 2.45) is 0 Å². The van der Waals surface area contributed by atoms with Crippen molar-refractivity contribution in [3.05, 3.63) is 0 Å². The molecule has 0 N–H and O–H groups in total. The van der Waals surface area contributed by atoms with E-state index in [4.69, 9.17) is 0 Å². The van der Waals surface area contributed by atoms with Gasteiger partial charge in [0.05, 0.1) is 19.4 Å². The Hall–Kier alpha value is -0.00312. The second-order valence-electron chi connectivity index (χ2n) is 2.12. The maximum atomic E-state index is 12.1. The van der Waals surface area contributed by atoms with E-state index in [1.807, 2.05) is 0 Å². The quantitative estimate of drug-likeness (QED) is 0.350. The summed E-state index contributed by atoms with van der Waals surface area (Å²) in [6, 6.07) is 0. The van der Waals surface area contributed by atoms with Gasteiger partial charge >= 0.3 is 8.74 Å². The summed E-state index contributed by atoms with van der Waals surface area (Å²) in [5.74, 6) is 0. The van der Waals surface area contributed by atoms with Gasteiger partial charge in [-0.25, -0.2) is 0 Å². The summed E-state index contributed by atoms with van der Waals surface area (Å²) >= 11 is 0. The molecule has 0 bridgehead atoms. The maximum Gasteiger partial charge on any atom is 0.446 e. The van der Waals surface area contributed by atoms with Crippen molar-refractivity contribution in [1.29, 1.82) is 0 Å². The molecule has 2 nitrogen and oxygen atoms in total. The third kappa shape index (κ3) is 8.00. The van der Waals surface area contributed by atoms with Crippen LogP contribution in [0, 0.1) is 0 Å². The average Bonchev–Trinajstić information content (AvgIpc) is 1.78. The molecule has 0 aliphatic carbocycles. The fraction of sp³-hybridized carbons (Fsp3) is 1.00. The Morgan fingerprint density at radius 2 is 1.90 bits per heavy atom. The zero-order valence-electron chi connectivity index (χ0n) is 6.19. The monoisotopic (exact) mass is 170 g/mol. The number of hydrogen-bond donors (Lipinski definition) is 0. The molecule has 0 heterocycles. The first-order valence-electron chi connectivity index (χ1n) is 3.01. The number of methoxy groups -OCH3 is 1. The summed E-state index contributed by atoms with van der Waals surface area (Å²) < 4.78 is 33.5. The molecule has 0 atom stereocenters. The molecule has 0 saturated carbocycles. The lowest BCUT2D eigenvalue weighted by Gasteiger charge is -2.06. The van der Waals surface area contributed by atoms with Crippen molar-refractivity contribution in [3.63, 3.8) is 0 Å². The van der Waals surface area contributed by atoms with E-state index >= 15 is 0 Å². The van der Waals surface area contributed by atoms with Crippen molar-refractivity contribution in [2.75, 3.05) is 26.6 Å². The van der Waals surface area contributed by atoms with Gasteiger partial charge in [0.2, 0.25) is 0 Å². The second-order valence-corrected chi connectivity index (χ2v) is 4.54. The van der Waals surface area contributed by atoms with E-state index in [0.717, 1.165) is 6.55 Å². The minimum atomic E-state index is -3.98. The van der Waals surface area contributed by atoms with E-state index < -0.39 is 15.0 Å². The van der Waals surface area contributed by atoms with E-state index in [2.05, 4.69) is 9.47 Å². The minimum Gasteiger partial charge on any atom is -0.382 e. The topological polar surface area (TPSA) is 18.5 Å². The van der Waals surface area contributed by atoms with Gasteiger partial charge in [-0.1, -0.05) is 0 Å². The largest absolute Gasteiger partial charge is 0.446 e. The summed E-state index contributed by atoms with van der Waals surface area (Å²) in [6.45, 7) is 1.59. The Labute approximate surface area is 60.5 Å². The molecule has 62 valence electrons. The Morgan fingerprint density at radius 3 is 2.30 bits per heavy atom. The van der Waals surface area contributed by atoms with Crippen LogP contribution in [0.4, 0.5) is 8.22 Å². The standard InChI is InChI=1S/C5H12F2O2Si/c1-8-3-4-9-5-10(2,6)7/h3-5H2,1-2H3. The predicted octanol–water partition coefficient (Wildman–Crippen LogP) is 1.20. The highest BCUT2D eigenvalue weighted by Gasteiger charge is 2.27. The summed E-state index contributed by atoms with van der Waals surface area (Å²) in [5.41, 5.74) is 0. The highest BCUT2D eigenvalue weighted by molar-refractivity contribution is 6.64. The van der Waals surface area contributed by atoms with Crippen LogP contribution >= 0.6 is 0 Å². The zero-order chi connectivity index (χ0) is 8.04. The Bertz CT molecular complexity index is 84.2. The van der Waals surface area contributed by atoms with Crippen LogP contribution in [0.1, 0.15) is 0 Å². The van der Waals surface area contributed by atoms with Crippen LogP contribution in [0.15, 0.2) is 0 Å². The lowest BCUT2D eigenvalue weighted by molar-refractivity contribution is 0.0857. The molecule has 0 aliphatic rings. The Morgan fingerprint density at radius 1 is 1.30 bits per heavy atom. The molecule has 0 spiro atoms. The second kappa shape index (κ2) is 4.76. The molecule has 0 aromatic rings. The lowest BCUT2D eigenvalue weighted by Crippen LogP contribution is -2.26. The number of halogens is 2. The summed E-state index contributed by atoms with van der Waals surface area (Å²) in [5, 5.41) is 0. The molecule has 0 fully saturated rings. The lowest BCUT2D eigenvalue weighted by atomic mass is 10.8. The number of ether oxygens (including phenoxy) is 2. The van der Waals surface area contributed by atoms with Gasteiger partial charge in [0.1, 0.15) is 0 Å². The van der Waals surface area contributed by atoms with Crippen LogP contribution in [0.25, 0.3) is 0 Å². The van der Waals surface area contributed by atoms with Gasteiger partial charge in [0, 0.05) is 7.11 Å². The van der Waals surface area contributed by atoms with Crippen molar-refractivity contribution >= 4 is 8.74 Å². The average molecular weight is 170 g/mol. The van der Waals surface area contributed by atoms with Gasteiger partial charge in [-0.05, 0) is 6.55 Å². The van der Waals surface area contributed by atoms with Crippen LogP contribution < -0.4 is 0 Å². The zero-order valence-corrected chi connectivity index (χ0v) is 7.19. The van der Waals surface area contributed by atoms with Crippen molar-refractivity contribution < 1.29 is 17.7 Å². The third-order valence-electron chi connectivity index (χ3n) is 0.787. The van der Waals surface area contributed by atoms with E-state index in [9.17, 15) is 8.22 Å². The van der Waals surface area contributed by atoms with Crippen LogP contribution in [0.5, 0.6) is 0 Å². The fourth-order valence-corrected chi connectivity index (χ4v) is 0.896. The third-order valence-corrected chi connectivity index (χ3v) is 1.50. The highest BCUT2D eigenvalue weighted by Crippen LogP contribution is 2.04. The molecule has 0 unspecified atom stereocenters. The van der Waals surface area contributed by atoms with Gasteiger partial charge in [-0.2, -0.15) is 0 Å². The minimum absolute atomic E-state index is 0.257. The molecular formula is C5H12F2O2Si. The highest BCUT2D eigenvalue weighted by atomic mass is 28.4. The number of rotatable bonds is 5. The molecule has 0 saturated heterocycles. The van der Waals surface area contributed by atoms with E-state index in [-0.39, 0.29) is 6.61 Å². The molecule has 0 aromatic carbocycles. The normalized spacial score (nSPS) is 12.0. The molecule has 0 aliphatic heterocycles. The Kier molecular flexibility index (Phi) is 4.76. The van der Waals surface area contributed by atoms with Crippen LogP contribution in [-0.2, 0) is 9.47 Å². The maximum absolute atomic E-state index is 12.1. The van der Waals surface area contributed by atoms with Crippen molar-refractivity contribution in [3.8, 4) is 0 Å². The smallest absolute Gasteiger partial charge is 0.382 e. The molecule has 0 aromatic heterocycles. The van der Waals surface area contributed by atoms with Gasteiger partial charge in [-0.3, -0.25) is 8.22 Å². The first kappa shape index (κ1) is 10.00. The summed E-state index contributed by atoms with van der Waals surface area (Å²) in [7, 11) is -2.48. The van der Waals surface area contributed by atoms with Crippen LogP contribution in [-0.4, -0.2) is 35.3 Å². The number of hydrogen-bond acceptors (Lipinski definition) is 2. The van der Waals surface area contributed by atoms with Crippen molar-refractivity contribution in [2.45, 2.75) is 6.55 Å². The van der Waals surface area contributed by atoms with Crippen molar-refractivity contribution in [1.82, 2.24) is 0 Å². The Balaban J connectivity index is 3.04. The predicted molar refractivity (Wildman–Crippen MR) is 36.5 cm³/mol. The van der Waals surface area contributed by atoms with E-state index in [1.165, 1.54) is 7.11 Å². The summed E-state index contributed by atoms with van der Waals surface area (Å²) in [4.78, 5) is 0. The van der Waals surface area contributed by atoms with Crippen LogP contribution in [0.2, 0.25) is 6.55 Å². The molecular weight excluding hydrogens is 158 g/mol. The first-order chi connectivity index (χ1) is 4.56. The molecule has 0 amide bonds. The molecule has 10 heavy (non-hydrogen) atoms. The van der Waals surface area contributed by atoms with Gasteiger partial charge in [0.25, 0.3) is 0 Å². The SMILES string of the molecule is COCCOC[Si](C)(F)F. The first-order valence-corrected chi connectivity index (χ1v) is 5.47. The summed E-state index contributed by atoms with van der Waals surface area (Å²) in [6.07, 6.45) is -0.393. The van der Waals surface area contributed by atoms with Gasteiger partial charge in [-0.15, -0.1) is 0 Å². The molecule has 0 radical (unpaired) electrons. The van der Waals surface area contributed by atoms with Gasteiger partial charge in [0.15, 0.2) is 0 Å². The van der Waals surface area contributed by atoms with E-state index in [0.29, 0.717) is 6.61 Å². The van der Waals surface area contributed by atoms with Crippen LogP contribution in [0.3, 0.4) is 0 Å². The van der Waals surface area contributed by atoms with Gasteiger partial charge < -0.3 is 9.47 Å². The fourth-order valence-electron chi connectivity index (χ4n) is 0.394. The van der Waals surface area contributed by atoms with E-state index in [1.54, 1.807) is 0 Å². The molecule has 0 rings (SSSR count).